The van der Waals surface area contributed by atoms with Crippen molar-refractivity contribution >= 4 is 11.9 Å². The van der Waals surface area contributed by atoms with E-state index in [1.54, 1.807) is 15.8 Å². The van der Waals surface area contributed by atoms with Gasteiger partial charge < -0.3 is 10.0 Å². The van der Waals surface area contributed by atoms with Gasteiger partial charge in [0.25, 0.3) is 5.91 Å². The average molecular weight is 305 g/mol. The van der Waals surface area contributed by atoms with Gasteiger partial charge in [0.05, 0.1) is 17.2 Å². The summed E-state index contributed by atoms with van der Waals surface area (Å²) in [5, 5.41) is 13.8. The summed E-state index contributed by atoms with van der Waals surface area (Å²) in [6.45, 7) is 5.59. The molecule has 1 aromatic rings. The van der Waals surface area contributed by atoms with Gasteiger partial charge in [-0.25, -0.2) is 0 Å². The molecule has 2 atom stereocenters. The highest BCUT2D eigenvalue weighted by Gasteiger charge is 2.47. The van der Waals surface area contributed by atoms with Crippen LogP contribution in [0.2, 0.25) is 0 Å². The van der Waals surface area contributed by atoms with E-state index in [0.29, 0.717) is 24.6 Å². The number of carboxylic acid groups (broad SMARTS) is 1. The molecule has 120 valence electrons. The third-order valence-electron chi connectivity index (χ3n) is 4.83. The van der Waals surface area contributed by atoms with Gasteiger partial charge in [-0.15, -0.1) is 0 Å². The number of aryl methyl sites for hydroxylation is 2. The molecule has 2 aliphatic rings. The molecule has 0 radical (unpaired) electrons. The first-order valence-corrected chi connectivity index (χ1v) is 8.07. The third-order valence-corrected chi connectivity index (χ3v) is 4.83. The summed E-state index contributed by atoms with van der Waals surface area (Å²) in [5.41, 5.74) is 1.33. The van der Waals surface area contributed by atoms with E-state index in [1.165, 1.54) is 0 Å². The van der Waals surface area contributed by atoms with E-state index in [9.17, 15) is 14.7 Å². The maximum Gasteiger partial charge on any atom is 0.308 e. The van der Waals surface area contributed by atoms with Crippen LogP contribution in [0.25, 0.3) is 0 Å². The molecular weight excluding hydrogens is 282 g/mol. The normalized spacial score (nSPS) is 24.7. The van der Waals surface area contributed by atoms with E-state index in [-0.39, 0.29) is 11.8 Å². The molecule has 0 spiro atoms. The van der Waals surface area contributed by atoms with Gasteiger partial charge >= 0.3 is 5.97 Å². The minimum absolute atomic E-state index is 0.0748. The Kier molecular flexibility index (Phi) is 3.93. The van der Waals surface area contributed by atoms with Crippen LogP contribution in [0.4, 0.5) is 0 Å². The van der Waals surface area contributed by atoms with Crippen molar-refractivity contribution in [3.05, 3.63) is 17.5 Å². The van der Waals surface area contributed by atoms with Crippen LogP contribution >= 0.6 is 0 Å². The molecule has 1 N–H and O–H groups in total. The Balaban J connectivity index is 1.76. The van der Waals surface area contributed by atoms with Gasteiger partial charge in [-0.3, -0.25) is 14.3 Å². The predicted octanol–water partition coefficient (Wildman–Crippen LogP) is 1.78. The van der Waals surface area contributed by atoms with Crippen molar-refractivity contribution in [3.8, 4) is 0 Å². The molecule has 3 rings (SSSR count). The first-order valence-electron chi connectivity index (χ1n) is 8.07. The SMILES string of the molecule is CCCn1cc(C(=O)N2C[C@@H](C(=O)O)[C@H](C3CC3)C2)c(C)n1. The Morgan fingerprint density at radius 1 is 1.36 bits per heavy atom. The number of hydrogen-bond donors (Lipinski definition) is 1. The number of amides is 1. The van der Waals surface area contributed by atoms with Gasteiger partial charge in [-0.1, -0.05) is 6.92 Å². The molecular formula is C16H23N3O3. The zero-order valence-electron chi connectivity index (χ0n) is 13.2. The molecule has 2 fully saturated rings. The number of carbonyl (C=O) groups excluding carboxylic acids is 1. The number of carboxylic acids is 1. The first-order chi connectivity index (χ1) is 10.5. The lowest BCUT2D eigenvalue weighted by Crippen LogP contribution is -2.30. The number of aliphatic carboxylic acids is 1. The Bertz CT molecular complexity index is 591. The summed E-state index contributed by atoms with van der Waals surface area (Å²) in [7, 11) is 0. The summed E-state index contributed by atoms with van der Waals surface area (Å²) in [6, 6.07) is 0. The van der Waals surface area contributed by atoms with Crippen molar-refractivity contribution in [3.63, 3.8) is 0 Å². The van der Waals surface area contributed by atoms with E-state index < -0.39 is 11.9 Å². The third kappa shape index (κ3) is 2.74. The minimum atomic E-state index is -0.773. The monoisotopic (exact) mass is 305 g/mol. The van der Waals surface area contributed by atoms with Gasteiger partial charge in [-0.05, 0) is 38.0 Å². The lowest BCUT2D eigenvalue weighted by Gasteiger charge is -2.15. The highest BCUT2D eigenvalue weighted by molar-refractivity contribution is 5.95. The van der Waals surface area contributed by atoms with Gasteiger partial charge in [0.1, 0.15) is 0 Å². The number of aromatic nitrogens is 2. The Morgan fingerprint density at radius 2 is 2.09 bits per heavy atom. The molecule has 0 aromatic carbocycles. The minimum Gasteiger partial charge on any atom is -0.481 e. The lowest BCUT2D eigenvalue weighted by molar-refractivity contribution is -0.142. The van der Waals surface area contributed by atoms with Gasteiger partial charge in [0.2, 0.25) is 0 Å². The second kappa shape index (κ2) is 5.74. The van der Waals surface area contributed by atoms with Crippen LogP contribution in [0.5, 0.6) is 0 Å². The highest BCUT2D eigenvalue weighted by Crippen LogP contribution is 2.44. The molecule has 1 aromatic heterocycles. The first kappa shape index (κ1) is 15.1. The fourth-order valence-electron chi connectivity index (χ4n) is 3.50. The molecule has 2 heterocycles. The molecule has 1 amide bonds. The van der Waals surface area contributed by atoms with Crippen molar-refractivity contribution in [1.29, 1.82) is 0 Å². The summed E-state index contributed by atoms with van der Waals surface area (Å²) < 4.78 is 1.80. The number of carbonyl (C=O) groups is 2. The van der Waals surface area contributed by atoms with Gasteiger partial charge in [0.15, 0.2) is 0 Å². The topological polar surface area (TPSA) is 75.4 Å². The molecule has 22 heavy (non-hydrogen) atoms. The van der Waals surface area contributed by atoms with E-state index in [0.717, 1.165) is 31.5 Å². The van der Waals surface area contributed by atoms with E-state index >= 15 is 0 Å². The zero-order chi connectivity index (χ0) is 15.9. The Labute approximate surface area is 130 Å². The molecule has 0 unspecified atom stereocenters. The summed E-state index contributed by atoms with van der Waals surface area (Å²) in [5.74, 6) is -0.655. The molecule has 1 saturated carbocycles. The molecule has 1 aliphatic heterocycles. The van der Waals surface area contributed by atoms with Crippen molar-refractivity contribution in [2.24, 2.45) is 17.8 Å². The number of hydrogen-bond acceptors (Lipinski definition) is 3. The van der Waals surface area contributed by atoms with Crippen LogP contribution in [0, 0.1) is 24.7 Å². The standard InChI is InChI=1S/C16H23N3O3/c1-3-6-19-9-12(10(2)17-19)15(20)18-7-13(11-4-5-11)14(8-18)16(21)22/h9,11,13-14H,3-8H2,1-2H3,(H,21,22)/t13-,14+/m0/s1. The van der Waals surface area contributed by atoms with Crippen LogP contribution < -0.4 is 0 Å². The van der Waals surface area contributed by atoms with Gasteiger partial charge in [-0.2, -0.15) is 5.10 Å². The molecule has 6 nitrogen and oxygen atoms in total. The van der Waals surface area contributed by atoms with Crippen LogP contribution in [0.3, 0.4) is 0 Å². The fraction of sp³-hybridized carbons (Fsp3) is 0.688. The van der Waals surface area contributed by atoms with E-state index in [1.807, 2.05) is 6.92 Å². The van der Waals surface area contributed by atoms with Gasteiger partial charge in [0, 0.05) is 25.8 Å². The summed E-state index contributed by atoms with van der Waals surface area (Å²) >= 11 is 0. The van der Waals surface area contributed by atoms with Crippen molar-refractivity contribution in [2.75, 3.05) is 13.1 Å². The van der Waals surface area contributed by atoms with Crippen LogP contribution in [0.15, 0.2) is 6.20 Å². The second-order valence-electron chi connectivity index (χ2n) is 6.55. The highest BCUT2D eigenvalue weighted by atomic mass is 16.4. The quantitative estimate of drug-likeness (QED) is 0.900. The smallest absolute Gasteiger partial charge is 0.308 e. The molecule has 1 aliphatic carbocycles. The number of nitrogens with zero attached hydrogens (tertiary/aromatic N) is 3. The Hall–Kier alpha value is -1.85. The van der Waals surface area contributed by atoms with Crippen molar-refractivity contribution in [2.45, 2.75) is 39.7 Å². The van der Waals surface area contributed by atoms with Crippen LogP contribution in [0.1, 0.15) is 42.2 Å². The fourth-order valence-corrected chi connectivity index (χ4v) is 3.50. The largest absolute Gasteiger partial charge is 0.481 e. The van der Waals surface area contributed by atoms with Crippen molar-refractivity contribution < 1.29 is 14.7 Å². The molecule has 1 saturated heterocycles. The number of likely N-dealkylation sites (tertiary alicyclic amines) is 1. The summed E-state index contributed by atoms with van der Waals surface area (Å²) in [6.07, 6.45) is 4.96. The van der Waals surface area contributed by atoms with E-state index in [4.69, 9.17) is 0 Å². The maximum atomic E-state index is 12.7. The predicted molar refractivity (Wildman–Crippen MR) is 80.5 cm³/mol. The summed E-state index contributed by atoms with van der Waals surface area (Å²) in [4.78, 5) is 25.9. The molecule has 6 heteroatoms. The maximum absolute atomic E-state index is 12.7. The zero-order valence-corrected chi connectivity index (χ0v) is 13.2. The second-order valence-corrected chi connectivity index (χ2v) is 6.55. The number of rotatable bonds is 5. The molecule has 0 bridgehead atoms. The van der Waals surface area contributed by atoms with Crippen molar-refractivity contribution in [1.82, 2.24) is 14.7 Å². The average Bonchev–Trinajstić information content (AvgIpc) is 3.10. The lowest BCUT2D eigenvalue weighted by atomic mass is 9.92. The Morgan fingerprint density at radius 3 is 2.68 bits per heavy atom. The van der Waals surface area contributed by atoms with E-state index in [2.05, 4.69) is 12.0 Å². The van der Waals surface area contributed by atoms with Crippen LogP contribution in [-0.2, 0) is 11.3 Å². The van der Waals surface area contributed by atoms with Crippen LogP contribution in [-0.4, -0.2) is 44.8 Å².